The minimum Gasteiger partial charge on any atom is -0.504 e. The fourth-order valence-corrected chi connectivity index (χ4v) is 5.01. The zero-order valence-electron chi connectivity index (χ0n) is 17.4. The molecule has 0 radical (unpaired) electrons. The zero-order chi connectivity index (χ0) is 21.6. The maximum Gasteiger partial charge on any atom is 0.254 e. The number of aromatic hydroxyl groups is 1. The molecular weight excluding hydrogens is 397 g/mol. The lowest BCUT2D eigenvalue weighted by atomic mass is 9.63. The summed E-state index contributed by atoms with van der Waals surface area (Å²) >= 11 is 0. The predicted molar refractivity (Wildman–Crippen MR) is 117 cm³/mol. The van der Waals surface area contributed by atoms with Gasteiger partial charge in [0.2, 0.25) is 0 Å². The van der Waals surface area contributed by atoms with Crippen LogP contribution in [0, 0.1) is 11.2 Å². The summed E-state index contributed by atoms with van der Waals surface area (Å²) in [7, 11) is 0. The summed E-state index contributed by atoms with van der Waals surface area (Å²) in [6.45, 7) is 4.69. The molecule has 2 aromatic rings. The van der Waals surface area contributed by atoms with E-state index in [2.05, 4.69) is 34.1 Å². The van der Waals surface area contributed by atoms with Gasteiger partial charge in [-0.2, -0.15) is 0 Å². The highest BCUT2D eigenvalue weighted by Gasteiger charge is 2.47. The van der Waals surface area contributed by atoms with E-state index in [-0.39, 0.29) is 17.0 Å². The second-order valence-corrected chi connectivity index (χ2v) is 9.02. The average Bonchev–Trinajstić information content (AvgIpc) is 2.73. The van der Waals surface area contributed by atoms with Crippen LogP contribution >= 0.6 is 0 Å². The van der Waals surface area contributed by atoms with Crippen molar-refractivity contribution in [1.29, 1.82) is 0 Å². The number of carbonyl (C=O) groups excluding carboxylic acids is 2. The summed E-state index contributed by atoms with van der Waals surface area (Å²) in [5.41, 5.74) is 2.86. The van der Waals surface area contributed by atoms with Gasteiger partial charge in [-0.3, -0.25) is 9.59 Å². The number of carbonyl (C=O) groups is 2. The van der Waals surface area contributed by atoms with E-state index in [1.807, 2.05) is 0 Å². The molecule has 5 rings (SSSR count). The number of nitrogens with zero attached hydrogens (tertiary/aromatic N) is 3. The van der Waals surface area contributed by atoms with E-state index in [1.165, 1.54) is 31.0 Å². The largest absolute Gasteiger partial charge is 0.504 e. The second kappa shape index (κ2) is 7.55. The third kappa shape index (κ3) is 3.52. The van der Waals surface area contributed by atoms with E-state index in [0.717, 1.165) is 24.8 Å². The van der Waals surface area contributed by atoms with Crippen molar-refractivity contribution < 1.29 is 19.1 Å². The molecule has 3 aliphatic rings. The molecule has 3 fully saturated rings. The number of aldehydes is 1. The molecule has 2 aliphatic heterocycles. The number of piperazine rings is 1. The van der Waals surface area contributed by atoms with Crippen LogP contribution in [0.15, 0.2) is 36.4 Å². The molecule has 2 saturated heterocycles. The minimum absolute atomic E-state index is 0.0792. The standard InChI is InChI=1S/C24H26FN3O3/c25-21-12-17(11-18(14-29)22(21)30)23(31)27-9-7-26(8-10-27)19-3-1-4-20(13-19)28-15-24(16-28)5-2-6-24/h1,3-4,11-14,30H,2,5-10,15-16H2. The topological polar surface area (TPSA) is 64.1 Å². The summed E-state index contributed by atoms with van der Waals surface area (Å²) in [5, 5.41) is 9.56. The molecule has 0 atom stereocenters. The Morgan fingerprint density at radius 2 is 1.68 bits per heavy atom. The SMILES string of the molecule is O=Cc1cc(C(=O)N2CCN(c3cccc(N4CC5(CCC5)C4)c3)CC2)cc(F)c1O. The van der Waals surface area contributed by atoms with Crippen LogP contribution in [0.25, 0.3) is 0 Å². The van der Waals surface area contributed by atoms with Gasteiger partial charge in [0.1, 0.15) is 0 Å². The smallest absolute Gasteiger partial charge is 0.254 e. The Labute approximate surface area is 180 Å². The van der Waals surface area contributed by atoms with Gasteiger partial charge in [0.05, 0.1) is 5.56 Å². The van der Waals surface area contributed by atoms with E-state index in [0.29, 0.717) is 37.9 Å². The molecule has 0 unspecified atom stereocenters. The van der Waals surface area contributed by atoms with Gasteiger partial charge in [-0.15, -0.1) is 0 Å². The van der Waals surface area contributed by atoms with Crippen LogP contribution in [0.2, 0.25) is 0 Å². The van der Waals surface area contributed by atoms with Crippen molar-refractivity contribution in [3.63, 3.8) is 0 Å². The molecule has 0 aromatic heterocycles. The molecule has 1 N–H and O–H groups in total. The van der Waals surface area contributed by atoms with Crippen LogP contribution in [-0.2, 0) is 0 Å². The van der Waals surface area contributed by atoms with Crippen molar-refractivity contribution in [1.82, 2.24) is 4.90 Å². The zero-order valence-corrected chi connectivity index (χ0v) is 17.4. The monoisotopic (exact) mass is 423 g/mol. The number of hydrogen-bond acceptors (Lipinski definition) is 5. The average molecular weight is 423 g/mol. The molecule has 1 spiro atoms. The molecule has 0 bridgehead atoms. The van der Waals surface area contributed by atoms with Gasteiger partial charge in [-0.25, -0.2) is 4.39 Å². The minimum atomic E-state index is -0.960. The Kier molecular flexibility index (Phi) is 4.84. The summed E-state index contributed by atoms with van der Waals surface area (Å²) in [6, 6.07) is 10.8. The van der Waals surface area contributed by atoms with E-state index >= 15 is 0 Å². The Hall–Kier alpha value is -3.09. The van der Waals surface area contributed by atoms with Crippen molar-refractivity contribution in [3.8, 4) is 5.75 Å². The number of phenols is 1. The highest BCUT2D eigenvalue weighted by Crippen LogP contribution is 2.49. The quantitative estimate of drug-likeness (QED) is 0.765. The first kappa shape index (κ1) is 19.8. The molecule has 1 saturated carbocycles. The molecule has 6 nitrogen and oxygen atoms in total. The second-order valence-electron chi connectivity index (χ2n) is 9.02. The summed E-state index contributed by atoms with van der Waals surface area (Å²) < 4.78 is 13.9. The number of rotatable bonds is 4. The fourth-order valence-electron chi connectivity index (χ4n) is 5.01. The van der Waals surface area contributed by atoms with Gasteiger partial charge in [0, 0.05) is 61.6 Å². The Balaban J connectivity index is 1.23. The first-order chi connectivity index (χ1) is 15.0. The fraction of sp³-hybridized carbons (Fsp3) is 0.417. The number of hydrogen-bond donors (Lipinski definition) is 1. The van der Waals surface area contributed by atoms with Gasteiger partial charge in [0.25, 0.3) is 5.91 Å². The summed E-state index contributed by atoms with van der Waals surface area (Å²) in [6.07, 6.45) is 4.44. The van der Waals surface area contributed by atoms with Crippen molar-refractivity contribution in [2.75, 3.05) is 49.1 Å². The highest BCUT2D eigenvalue weighted by atomic mass is 19.1. The van der Waals surface area contributed by atoms with Crippen LogP contribution in [0.3, 0.4) is 0 Å². The number of halogens is 1. The molecule has 7 heteroatoms. The molecule has 31 heavy (non-hydrogen) atoms. The van der Waals surface area contributed by atoms with Gasteiger partial charge in [-0.05, 0) is 43.2 Å². The highest BCUT2D eigenvalue weighted by molar-refractivity contribution is 5.96. The van der Waals surface area contributed by atoms with Crippen LogP contribution in [0.4, 0.5) is 15.8 Å². The Morgan fingerprint density at radius 1 is 1.00 bits per heavy atom. The van der Waals surface area contributed by atoms with Gasteiger partial charge >= 0.3 is 0 Å². The normalized spacial score (nSPS) is 19.7. The number of phenolic OH excluding ortho intramolecular Hbond substituents is 1. The number of amides is 1. The van der Waals surface area contributed by atoms with E-state index in [9.17, 15) is 19.1 Å². The van der Waals surface area contributed by atoms with Crippen molar-refractivity contribution in [2.45, 2.75) is 19.3 Å². The molecule has 1 aliphatic carbocycles. The Morgan fingerprint density at radius 3 is 2.29 bits per heavy atom. The van der Waals surface area contributed by atoms with E-state index in [1.54, 1.807) is 4.90 Å². The Bertz CT molecular complexity index is 1020. The summed E-state index contributed by atoms with van der Waals surface area (Å²) in [5.74, 6) is -2.01. The molecule has 2 heterocycles. The van der Waals surface area contributed by atoms with Crippen LogP contribution in [-0.4, -0.2) is 61.5 Å². The lowest BCUT2D eigenvalue weighted by Crippen LogP contribution is -2.59. The first-order valence-electron chi connectivity index (χ1n) is 10.8. The van der Waals surface area contributed by atoms with Gasteiger partial charge in [-0.1, -0.05) is 12.5 Å². The van der Waals surface area contributed by atoms with Gasteiger partial charge in [0.15, 0.2) is 17.9 Å². The first-order valence-corrected chi connectivity index (χ1v) is 10.8. The number of anilines is 2. The van der Waals surface area contributed by atoms with Crippen molar-refractivity contribution in [3.05, 3.63) is 53.3 Å². The molecule has 1 amide bonds. The van der Waals surface area contributed by atoms with Gasteiger partial charge < -0.3 is 19.8 Å². The molecule has 162 valence electrons. The predicted octanol–water partition coefficient (Wildman–Crippen LogP) is 3.30. The molecular formula is C24H26FN3O3. The van der Waals surface area contributed by atoms with Crippen molar-refractivity contribution >= 4 is 23.6 Å². The maximum atomic E-state index is 13.9. The molecule has 2 aromatic carbocycles. The third-order valence-corrected chi connectivity index (χ3v) is 7.06. The van der Waals surface area contributed by atoms with Crippen LogP contribution in [0.5, 0.6) is 5.75 Å². The lowest BCUT2D eigenvalue weighted by molar-refractivity contribution is 0.0746. The third-order valence-electron chi connectivity index (χ3n) is 7.06. The lowest BCUT2D eigenvalue weighted by Gasteiger charge is -2.57. The number of benzene rings is 2. The van der Waals surface area contributed by atoms with E-state index in [4.69, 9.17) is 0 Å². The van der Waals surface area contributed by atoms with E-state index < -0.39 is 11.6 Å². The summed E-state index contributed by atoms with van der Waals surface area (Å²) in [4.78, 5) is 30.2. The van der Waals surface area contributed by atoms with Crippen LogP contribution < -0.4 is 9.80 Å². The van der Waals surface area contributed by atoms with Crippen LogP contribution in [0.1, 0.15) is 40.0 Å². The van der Waals surface area contributed by atoms with Crippen molar-refractivity contribution in [2.24, 2.45) is 5.41 Å². The maximum absolute atomic E-state index is 13.9.